The smallest absolute Gasteiger partial charge is 0.304 e. The first-order chi connectivity index (χ1) is 14.4. The van der Waals surface area contributed by atoms with E-state index in [0.717, 1.165) is 23.1 Å². The lowest BCUT2D eigenvalue weighted by Gasteiger charge is -2.18. The van der Waals surface area contributed by atoms with Crippen LogP contribution in [0.1, 0.15) is 24.5 Å². The molecule has 1 atom stereocenters. The van der Waals surface area contributed by atoms with E-state index in [1.54, 1.807) is 12.1 Å². The highest BCUT2D eigenvalue weighted by Gasteiger charge is 2.23. The van der Waals surface area contributed by atoms with Crippen LogP contribution < -0.4 is 4.72 Å². The second-order valence-corrected chi connectivity index (χ2v) is 8.90. The predicted octanol–water partition coefficient (Wildman–Crippen LogP) is 4.28. The maximum absolute atomic E-state index is 13.0. The van der Waals surface area contributed by atoms with E-state index in [1.165, 1.54) is 11.6 Å². The molecule has 0 amide bonds. The molecule has 3 aromatic rings. The van der Waals surface area contributed by atoms with E-state index >= 15 is 0 Å². The van der Waals surface area contributed by atoms with Crippen molar-refractivity contribution in [3.05, 3.63) is 90.0 Å². The zero-order valence-corrected chi connectivity index (χ0v) is 17.6. The van der Waals surface area contributed by atoms with Crippen LogP contribution in [0, 0.1) is 0 Å². The largest absolute Gasteiger partial charge is 0.481 e. The van der Waals surface area contributed by atoms with Crippen LogP contribution in [0.4, 0.5) is 0 Å². The molecule has 3 aromatic carbocycles. The third-order valence-corrected chi connectivity index (χ3v) is 6.40. The molecule has 0 unspecified atom stereocenters. The molecule has 0 bridgehead atoms. The molecule has 6 heteroatoms. The molecule has 30 heavy (non-hydrogen) atoms. The molecule has 0 aromatic heterocycles. The number of aryl methyl sites for hydroxylation is 1. The summed E-state index contributed by atoms with van der Waals surface area (Å²) in [6.45, 7) is 2.07. The Labute approximate surface area is 177 Å². The molecule has 5 nitrogen and oxygen atoms in total. The Hall–Kier alpha value is -2.96. The molecule has 0 spiro atoms. The van der Waals surface area contributed by atoms with E-state index < -0.39 is 22.0 Å². The van der Waals surface area contributed by atoms with E-state index in [-0.39, 0.29) is 11.3 Å². The fraction of sp³-hybridized carbons (Fsp3) is 0.208. The number of carboxylic acids is 1. The number of nitrogens with one attached hydrogen (secondary N) is 1. The van der Waals surface area contributed by atoms with Crippen molar-refractivity contribution < 1.29 is 18.3 Å². The SMILES string of the molecule is CCc1cccc(-c2cccc(S(=O)(=O)N[C@H](CC(=O)O)Cc3ccccc3)c2)c1. The summed E-state index contributed by atoms with van der Waals surface area (Å²) in [7, 11) is -3.88. The second kappa shape index (κ2) is 9.69. The molecular formula is C24H25NO4S. The van der Waals surface area contributed by atoms with Gasteiger partial charge >= 0.3 is 5.97 Å². The van der Waals surface area contributed by atoms with Crippen LogP contribution in [0.2, 0.25) is 0 Å². The first-order valence-corrected chi connectivity index (χ1v) is 11.3. The zero-order chi connectivity index (χ0) is 21.6. The first kappa shape index (κ1) is 21.7. The van der Waals surface area contributed by atoms with Gasteiger partial charge in [0.25, 0.3) is 0 Å². The van der Waals surface area contributed by atoms with Crippen LogP contribution in [-0.4, -0.2) is 25.5 Å². The maximum Gasteiger partial charge on any atom is 0.304 e. The molecular weight excluding hydrogens is 398 g/mol. The van der Waals surface area contributed by atoms with Crippen molar-refractivity contribution >= 4 is 16.0 Å². The number of carboxylic acid groups (broad SMARTS) is 1. The number of sulfonamides is 1. The summed E-state index contributed by atoms with van der Waals surface area (Å²) >= 11 is 0. The molecule has 0 aliphatic carbocycles. The Morgan fingerprint density at radius 3 is 2.20 bits per heavy atom. The molecule has 3 rings (SSSR count). The normalized spacial score (nSPS) is 12.4. The summed E-state index contributed by atoms with van der Waals surface area (Å²) in [6, 6.07) is 23.2. The molecule has 0 saturated heterocycles. The van der Waals surface area contributed by atoms with Crippen molar-refractivity contribution in [2.45, 2.75) is 37.1 Å². The van der Waals surface area contributed by atoms with Gasteiger partial charge in [0.15, 0.2) is 0 Å². The number of hydrogen-bond acceptors (Lipinski definition) is 3. The van der Waals surface area contributed by atoms with E-state index in [2.05, 4.69) is 11.6 Å². The fourth-order valence-corrected chi connectivity index (χ4v) is 4.65. The highest BCUT2D eigenvalue weighted by molar-refractivity contribution is 7.89. The topological polar surface area (TPSA) is 83.5 Å². The molecule has 0 fully saturated rings. The van der Waals surface area contributed by atoms with Crippen LogP contribution in [-0.2, 0) is 27.7 Å². The van der Waals surface area contributed by atoms with Crippen LogP contribution in [0.15, 0.2) is 83.8 Å². The predicted molar refractivity (Wildman–Crippen MR) is 118 cm³/mol. The van der Waals surface area contributed by atoms with Crippen molar-refractivity contribution in [2.75, 3.05) is 0 Å². The Kier molecular flexibility index (Phi) is 7.03. The molecule has 0 aliphatic rings. The van der Waals surface area contributed by atoms with Crippen LogP contribution >= 0.6 is 0 Å². The van der Waals surface area contributed by atoms with Crippen molar-refractivity contribution in [1.29, 1.82) is 0 Å². The third-order valence-electron chi connectivity index (χ3n) is 4.88. The second-order valence-electron chi connectivity index (χ2n) is 7.19. The Morgan fingerprint density at radius 2 is 1.53 bits per heavy atom. The van der Waals surface area contributed by atoms with Gasteiger partial charge in [0.05, 0.1) is 11.3 Å². The van der Waals surface area contributed by atoms with Crippen LogP contribution in [0.5, 0.6) is 0 Å². The summed E-state index contributed by atoms with van der Waals surface area (Å²) in [5.41, 5.74) is 3.78. The summed E-state index contributed by atoms with van der Waals surface area (Å²) in [5, 5.41) is 9.24. The van der Waals surface area contributed by atoms with E-state index in [4.69, 9.17) is 0 Å². The molecule has 0 radical (unpaired) electrons. The Bertz CT molecular complexity index is 1110. The monoisotopic (exact) mass is 423 g/mol. The minimum absolute atomic E-state index is 0.116. The highest BCUT2D eigenvalue weighted by Crippen LogP contribution is 2.24. The Morgan fingerprint density at radius 1 is 0.900 bits per heavy atom. The third kappa shape index (κ3) is 5.78. The van der Waals surface area contributed by atoms with Gasteiger partial charge in [-0.25, -0.2) is 13.1 Å². The van der Waals surface area contributed by atoms with Gasteiger partial charge in [-0.15, -0.1) is 0 Å². The maximum atomic E-state index is 13.0. The molecule has 156 valence electrons. The number of benzene rings is 3. The van der Waals surface area contributed by atoms with E-state index in [9.17, 15) is 18.3 Å². The van der Waals surface area contributed by atoms with E-state index in [1.807, 2.05) is 60.7 Å². The summed E-state index contributed by atoms with van der Waals surface area (Å²) < 4.78 is 28.6. The fourth-order valence-electron chi connectivity index (χ4n) is 3.37. The van der Waals surface area contributed by atoms with Crippen molar-refractivity contribution in [3.8, 4) is 11.1 Å². The standard InChI is InChI=1S/C24H25NO4S/c1-2-18-10-6-11-20(14-18)21-12-7-13-23(16-21)30(28,29)25-22(17-24(26)27)15-19-8-4-3-5-9-19/h3-14,16,22,25H,2,15,17H2,1H3,(H,26,27)/t22-/m0/s1. The van der Waals surface area contributed by atoms with Crippen molar-refractivity contribution in [3.63, 3.8) is 0 Å². The molecule has 0 saturated carbocycles. The van der Waals surface area contributed by atoms with Crippen molar-refractivity contribution in [1.82, 2.24) is 4.72 Å². The minimum Gasteiger partial charge on any atom is -0.481 e. The number of hydrogen-bond donors (Lipinski definition) is 2. The first-order valence-electron chi connectivity index (χ1n) is 9.85. The number of rotatable bonds is 9. The summed E-state index contributed by atoms with van der Waals surface area (Å²) in [5.74, 6) is -1.05. The van der Waals surface area contributed by atoms with Gasteiger partial charge in [-0.05, 0) is 47.2 Å². The van der Waals surface area contributed by atoms with Gasteiger partial charge in [0.2, 0.25) is 10.0 Å². The Balaban J connectivity index is 1.86. The highest BCUT2D eigenvalue weighted by atomic mass is 32.2. The van der Waals surface area contributed by atoms with E-state index in [0.29, 0.717) is 6.42 Å². The number of aliphatic carboxylic acids is 1. The lowest BCUT2D eigenvalue weighted by Crippen LogP contribution is -2.38. The lowest BCUT2D eigenvalue weighted by atomic mass is 10.0. The number of carbonyl (C=O) groups is 1. The summed E-state index contributed by atoms with van der Waals surface area (Å²) in [4.78, 5) is 11.4. The van der Waals surface area contributed by atoms with Crippen molar-refractivity contribution in [2.24, 2.45) is 0 Å². The van der Waals surface area contributed by atoms with Gasteiger partial charge in [-0.1, -0.05) is 73.7 Å². The molecule has 0 heterocycles. The average Bonchev–Trinajstić information content (AvgIpc) is 2.74. The van der Waals surface area contributed by atoms with Crippen LogP contribution in [0.25, 0.3) is 11.1 Å². The van der Waals surface area contributed by atoms with Crippen LogP contribution in [0.3, 0.4) is 0 Å². The van der Waals surface area contributed by atoms with Gasteiger partial charge in [-0.3, -0.25) is 4.79 Å². The quantitative estimate of drug-likeness (QED) is 0.538. The molecule has 2 N–H and O–H groups in total. The lowest BCUT2D eigenvalue weighted by molar-refractivity contribution is -0.137. The summed E-state index contributed by atoms with van der Waals surface area (Å²) in [6.07, 6.45) is 0.890. The minimum atomic E-state index is -3.88. The zero-order valence-electron chi connectivity index (χ0n) is 16.8. The van der Waals surface area contributed by atoms with Gasteiger partial charge in [0.1, 0.15) is 0 Å². The van der Waals surface area contributed by atoms with Gasteiger partial charge in [0, 0.05) is 6.04 Å². The van der Waals surface area contributed by atoms with Gasteiger partial charge in [-0.2, -0.15) is 0 Å². The average molecular weight is 424 g/mol. The van der Waals surface area contributed by atoms with Gasteiger partial charge < -0.3 is 5.11 Å². The molecule has 0 aliphatic heterocycles.